The van der Waals surface area contributed by atoms with Crippen molar-refractivity contribution in [3.8, 4) is 22.3 Å². The van der Waals surface area contributed by atoms with Crippen molar-refractivity contribution in [3.05, 3.63) is 77.4 Å². The summed E-state index contributed by atoms with van der Waals surface area (Å²) >= 11 is 4.38. The Kier molecular flexibility index (Phi) is 6.02. The quantitative estimate of drug-likeness (QED) is 0.249. The van der Waals surface area contributed by atoms with E-state index in [0.29, 0.717) is 35.1 Å². The molecule has 3 aromatic carbocycles. The fourth-order valence-corrected chi connectivity index (χ4v) is 3.09. The van der Waals surface area contributed by atoms with E-state index in [1.165, 1.54) is 12.1 Å². The number of aliphatic imine (C=N–C) groups is 1. The van der Waals surface area contributed by atoms with Crippen LogP contribution in [0.2, 0.25) is 0 Å². The standard InChI is InChI=1S/C22H15F4NS/c1-2-3-17-18(23)8-15(9-19(17)24)13-4-6-14(7-5-13)16-10-20(25)22(27-12-28)21(26)11-16/h4-11H,2-3H2,1H3. The monoisotopic (exact) mass is 401 g/mol. The van der Waals surface area contributed by atoms with E-state index >= 15 is 0 Å². The van der Waals surface area contributed by atoms with Crippen molar-refractivity contribution in [1.82, 2.24) is 0 Å². The molecule has 142 valence electrons. The highest BCUT2D eigenvalue weighted by Crippen LogP contribution is 2.31. The molecule has 0 fully saturated rings. The zero-order chi connectivity index (χ0) is 20.3. The first-order valence-electron chi connectivity index (χ1n) is 8.60. The predicted octanol–water partition coefficient (Wildman–Crippen LogP) is 7.26. The molecule has 3 rings (SSSR count). The van der Waals surface area contributed by atoms with Crippen LogP contribution in [-0.2, 0) is 6.42 Å². The summed E-state index contributed by atoms with van der Waals surface area (Å²) in [6.07, 6.45) is 0.973. The summed E-state index contributed by atoms with van der Waals surface area (Å²) in [6.45, 7) is 1.85. The second-order valence-electron chi connectivity index (χ2n) is 6.24. The molecule has 0 aliphatic heterocycles. The van der Waals surface area contributed by atoms with Gasteiger partial charge in [-0.25, -0.2) is 17.6 Å². The first-order valence-corrected chi connectivity index (χ1v) is 9.01. The molecule has 0 saturated heterocycles. The summed E-state index contributed by atoms with van der Waals surface area (Å²) in [7, 11) is 0. The van der Waals surface area contributed by atoms with Gasteiger partial charge in [-0.1, -0.05) is 37.6 Å². The molecule has 0 bridgehead atoms. The fourth-order valence-electron chi connectivity index (χ4n) is 3.00. The van der Waals surface area contributed by atoms with Crippen molar-refractivity contribution in [2.24, 2.45) is 4.99 Å². The molecule has 0 aliphatic rings. The zero-order valence-electron chi connectivity index (χ0n) is 14.9. The van der Waals surface area contributed by atoms with E-state index in [2.05, 4.69) is 17.2 Å². The lowest BCUT2D eigenvalue weighted by Gasteiger charge is -2.09. The van der Waals surface area contributed by atoms with Crippen LogP contribution in [0.25, 0.3) is 22.3 Å². The molecule has 28 heavy (non-hydrogen) atoms. The third kappa shape index (κ3) is 4.03. The minimum atomic E-state index is -0.855. The van der Waals surface area contributed by atoms with Crippen LogP contribution in [0, 0.1) is 23.3 Å². The summed E-state index contributed by atoms with van der Waals surface area (Å²) in [5.41, 5.74) is 1.42. The van der Waals surface area contributed by atoms with Gasteiger partial charge in [-0.3, -0.25) is 0 Å². The van der Waals surface area contributed by atoms with Crippen molar-refractivity contribution in [1.29, 1.82) is 0 Å². The lowest BCUT2D eigenvalue weighted by molar-refractivity contribution is 0.554. The molecule has 0 amide bonds. The summed E-state index contributed by atoms with van der Waals surface area (Å²) in [5, 5.41) is 1.94. The molecular formula is C22H15F4NS. The van der Waals surface area contributed by atoms with Gasteiger partial charge >= 0.3 is 0 Å². The number of benzene rings is 3. The van der Waals surface area contributed by atoms with Gasteiger partial charge in [0.2, 0.25) is 0 Å². The van der Waals surface area contributed by atoms with Crippen molar-refractivity contribution >= 4 is 23.1 Å². The van der Waals surface area contributed by atoms with Crippen LogP contribution < -0.4 is 0 Å². The topological polar surface area (TPSA) is 12.4 Å². The first-order chi connectivity index (χ1) is 13.4. The Labute approximate surface area is 165 Å². The Bertz CT molecular complexity index is 1020. The molecule has 0 aromatic heterocycles. The predicted molar refractivity (Wildman–Crippen MR) is 106 cm³/mol. The molecule has 0 spiro atoms. The highest BCUT2D eigenvalue weighted by molar-refractivity contribution is 7.78. The largest absolute Gasteiger partial charge is 0.207 e. The number of hydrogen-bond acceptors (Lipinski definition) is 2. The van der Waals surface area contributed by atoms with E-state index in [-0.39, 0.29) is 5.56 Å². The van der Waals surface area contributed by atoms with E-state index in [9.17, 15) is 17.6 Å². The SMILES string of the molecule is CCCc1c(F)cc(-c2ccc(-c3cc(F)c(N=C=S)c(F)c3)cc2)cc1F. The molecule has 0 radical (unpaired) electrons. The molecule has 0 aliphatic carbocycles. The maximum absolute atomic E-state index is 14.2. The minimum absolute atomic E-state index is 0.0768. The summed E-state index contributed by atoms with van der Waals surface area (Å²) in [4.78, 5) is 3.37. The van der Waals surface area contributed by atoms with E-state index < -0.39 is 29.0 Å². The normalized spacial score (nSPS) is 10.6. The third-order valence-electron chi connectivity index (χ3n) is 4.37. The maximum Gasteiger partial charge on any atom is 0.153 e. The average molecular weight is 401 g/mol. The first kappa shape index (κ1) is 19.9. The van der Waals surface area contributed by atoms with Crippen molar-refractivity contribution in [2.45, 2.75) is 19.8 Å². The van der Waals surface area contributed by atoms with Crippen molar-refractivity contribution in [3.63, 3.8) is 0 Å². The van der Waals surface area contributed by atoms with Gasteiger partial charge in [0.25, 0.3) is 0 Å². The number of isothiocyanates is 1. The molecule has 1 nitrogen and oxygen atoms in total. The van der Waals surface area contributed by atoms with Crippen LogP contribution in [-0.4, -0.2) is 5.16 Å². The second kappa shape index (κ2) is 8.46. The summed E-state index contributed by atoms with van der Waals surface area (Å²) in [5.74, 6) is -2.88. The van der Waals surface area contributed by atoms with Gasteiger partial charge in [0.05, 0.1) is 5.16 Å². The van der Waals surface area contributed by atoms with Crippen LogP contribution in [0.4, 0.5) is 23.2 Å². The Hall–Kier alpha value is -2.82. The fraction of sp³-hybridized carbons (Fsp3) is 0.136. The van der Waals surface area contributed by atoms with Gasteiger partial charge < -0.3 is 0 Å². The number of hydrogen-bond donors (Lipinski definition) is 0. The summed E-state index contributed by atoms with van der Waals surface area (Å²) in [6, 6.07) is 11.4. The van der Waals surface area contributed by atoms with Gasteiger partial charge in [-0.2, -0.15) is 4.99 Å². The van der Waals surface area contributed by atoms with Gasteiger partial charge in [0, 0.05) is 5.56 Å². The van der Waals surface area contributed by atoms with Gasteiger partial charge in [-0.05, 0) is 65.2 Å². The maximum atomic E-state index is 14.2. The minimum Gasteiger partial charge on any atom is -0.207 e. The molecular weight excluding hydrogens is 386 g/mol. The van der Waals surface area contributed by atoms with E-state index in [1.54, 1.807) is 24.3 Å². The molecule has 0 N–H and O–H groups in total. The highest BCUT2D eigenvalue weighted by atomic mass is 32.1. The zero-order valence-corrected chi connectivity index (χ0v) is 15.7. The van der Waals surface area contributed by atoms with E-state index in [0.717, 1.165) is 12.1 Å². The second-order valence-corrected chi connectivity index (χ2v) is 6.42. The Morgan fingerprint density at radius 1 is 0.750 bits per heavy atom. The Balaban J connectivity index is 1.96. The molecule has 0 saturated carbocycles. The van der Waals surface area contributed by atoms with Gasteiger partial charge in [0.15, 0.2) is 11.6 Å². The van der Waals surface area contributed by atoms with Crippen LogP contribution >= 0.6 is 12.2 Å². The van der Waals surface area contributed by atoms with Crippen LogP contribution in [0.1, 0.15) is 18.9 Å². The van der Waals surface area contributed by atoms with E-state index in [1.807, 2.05) is 12.1 Å². The van der Waals surface area contributed by atoms with Crippen molar-refractivity contribution < 1.29 is 17.6 Å². The van der Waals surface area contributed by atoms with Crippen molar-refractivity contribution in [2.75, 3.05) is 0 Å². The smallest absolute Gasteiger partial charge is 0.153 e. The number of thiocarbonyl (C=S) groups is 1. The molecule has 3 aromatic rings. The number of rotatable bonds is 5. The average Bonchev–Trinajstić information content (AvgIpc) is 2.67. The van der Waals surface area contributed by atoms with Crippen LogP contribution in [0.15, 0.2) is 53.5 Å². The molecule has 0 heterocycles. The highest BCUT2D eigenvalue weighted by Gasteiger charge is 2.13. The Morgan fingerprint density at radius 2 is 1.18 bits per heavy atom. The number of halogens is 4. The van der Waals surface area contributed by atoms with Crippen LogP contribution in [0.5, 0.6) is 0 Å². The molecule has 6 heteroatoms. The Morgan fingerprint density at radius 3 is 1.57 bits per heavy atom. The van der Waals surface area contributed by atoms with Gasteiger partial charge in [0.1, 0.15) is 17.3 Å². The lowest BCUT2D eigenvalue weighted by Crippen LogP contribution is -1.96. The number of nitrogens with zero attached hydrogens (tertiary/aromatic N) is 1. The summed E-state index contributed by atoms with van der Waals surface area (Å²) < 4.78 is 56.4. The lowest BCUT2D eigenvalue weighted by atomic mass is 9.98. The van der Waals surface area contributed by atoms with Crippen LogP contribution in [0.3, 0.4) is 0 Å². The molecule has 0 atom stereocenters. The third-order valence-corrected chi connectivity index (χ3v) is 4.46. The van der Waals surface area contributed by atoms with Gasteiger partial charge in [-0.15, -0.1) is 0 Å². The van der Waals surface area contributed by atoms with E-state index in [4.69, 9.17) is 0 Å². The molecule has 0 unspecified atom stereocenters.